The van der Waals surface area contributed by atoms with Gasteiger partial charge in [0.25, 0.3) is 5.91 Å². The van der Waals surface area contributed by atoms with Crippen LogP contribution < -0.4 is 15.4 Å². The largest absolute Gasteiger partial charge is 0.497 e. The fraction of sp³-hybridized carbons (Fsp3) is 0.233. The average molecular weight is 514 g/mol. The van der Waals surface area contributed by atoms with E-state index < -0.39 is 12.0 Å². The van der Waals surface area contributed by atoms with E-state index in [1.165, 1.54) is 0 Å². The number of nitrogens with zero attached hydrogens (tertiary/aromatic N) is 1. The molecule has 0 aliphatic carbocycles. The number of amides is 3. The molecule has 38 heavy (non-hydrogen) atoms. The van der Waals surface area contributed by atoms with Crippen LogP contribution in [-0.4, -0.2) is 43.1 Å². The van der Waals surface area contributed by atoms with Crippen LogP contribution in [0.3, 0.4) is 0 Å². The number of carbonyl (C=O) groups is 3. The van der Waals surface area contributed by atoms with Crippen LogP contribution in [-0.2, 0) is 9.53 Å². The molecule has 1 atom stereocenters. The lowest BCUT2D eigenvalue weighted by Gasteiger charge is -2.36. The van der Waals surface area contributed by atoms with Gasteiger partial charge in [0.05, 0.1) is 31.0 Å². The van der Waals surface area contributed by atoms with Gasteiger partial charge in [-0.25, -0.2) is 9.59 Å². The Hall–Kier alpha value is -4.59. The van der Waals surface area contributed by atoms with Crippen molar-refractivity contribution in [1.82, 2.24) is 10.2 Å². The highest BCUT2D eigenvalue weighted by molar-refractivity contribution is 6.05. The Kier molecular flexibility index (Phi) is 8.43. The molecular weight excluding hydrogens is 482 g/mol. The summed E-state index contributed by atoms with van der Waals surface area (Å²) >= 11 is 0. The van der Waals surface area contributed by atoms with E-state index in [4.69, 9.17) is 9.47 Å². The maximum Gasteiger partial charge on any atom is 0.338 e. The minimum Gasteiger partial charge on any atom is -0.497 e. The molecule has 0 fully saturated rings. The Bertz CT molecular complexity index is 1320. The molecule has 1 aliphatic heterocycles. The van der Waals surface area contributed by atoms with E-state index in [-0.39, 0.29) is 18.5 Å². The Labute approximate surface area is 222 Å². The fourth-order valence-electron chi connectivity index (χ4n) is 4.38. The van der Waals surface area contributed by atoms with Crippen molar-refractivity contribution < 1.29 is 23.9 Å². The zero-order chi connectivity index (χ0) is 27.1. The Morgan fingerprint density at radius 1 is 0.947 bits per heavy atom. The molecule has 8 heteroatoms. The van der Waals surface area contributed by atoms with Crippen molar-refractivity contribution in [3.8, 4) is 5.75 Å². The normalized spacial score (nSPS) is 15.1. The van der Waals surface area contributed by atoms with Crippen LogP contribution in [0.2, 0.25) is 0 Å². The number of rotatable bonds is 9. The summed E-state index contributed by atoms with van der Waals surface area (Å²) in [6.45, 7) is 4.38. The molecule has 1 unspecified atom stereocenters. The molecule has 0 bridgehead atoms. The van der Waals surface area contributed by atoms with Gasteiger partial charge >= 0.3 is 12.0 Å². The van der Waals surface area contributed by atoms with Crippen molar-refractivity contribution >= 4 is 29.3 Å². The zero-order valence-corrected chi connectivity index (χ0v) is 21.7. The van der Waals surface area contributed by atoms with Crippen LogP contribution in [0.25, 0.3) is 5.70 Å². The van der Waals surface area contributed by atoms with Gasteiger partial charge in [0.15, 0.2) is 0 Å². The van der Waals surface area contributed by atoms with Gasteiger partial charge in [-0.1, -0.05) is 49.4 Å². The molecule has 0 saturated carbocycles. The molecule has 0 spiro atoms. The molecular formula is C30H31N3O5. The Morgan fingerprint density at radius 3 is 2.24 bits per heavy atom. The van der Waals surface area contributed by atoms with Gasteiger partial charge in [-0.3, -0.25) is 9.69 Å². The highest BCUT2D eigenvalue weighted by Crippen LogP contribution is 2.37. The Balaban J connectivity index is 1.69. The van der Waals surface area contributed by atoms with Crippen LogP contribution in [0.4, 0.5) is 10.5 Å². The summed E-state index contributed by atoms with van der Waals surface area (Å²) in [5.41, 5.74) is 3.41. The number of urea groups is 1. The number of methoxy groups -OCH3 is 1. The van der Waals surface area contributed by atoms with E-state index in [9.17, 15) is 14.4 Å². The number of esters is 1. The molecule has 3 aromatic rings. The minimum atomic E-state index is -0.726. The maximum atomic E-state index is 13.3. The minimum absolute atomic E-state index is 0.204. The number of nitrogens with one attached hydrogen (secondary N) is 2. The predicted octanol–water partition coefficient (Wildman–Crippen LogP) is 5.40. The summed E-state index contributed by atoms with van der Waals surface area (Å²) in [6.07, 6.45) is 0.715. The van der Waals surface area contributed by atoms with E-state index in [0.29, 0.717) is 46.8 Å². The number of hydrogen-bond donors (Lipinski definition) is 2. The third kappa shape index (κ3) is 5.70. The van der Waals surface area contributed by atoms with Crippen molar-refractivity contribution in [3.63, 3.8) is 0 Å². The number of carbonyl (C=O) groups excluding carboxylic acids is 3. The topological polar surface area (TPSA) is 97.0 Å². The number of hydrogen-bond acceptors (Lipinski definition) is 5. The van der Waals surface area contributed by atoms with E-state index in [0.717, 1.165) is 5.56 Å². The number of anilines is 1. The molecule has 4 rings (SSSR count). The van der Waals surface area contributed by atoms with Crippen LogP contribution in [0.15, 0.2) is 84.4 Å². The van der Waals surface area contributed by atoms with E-state index >= 15 is 0 Å². The quantitative estimate of drug-likeness (QED) is 0.374. The van der Waals surface area contributed by atoms with E-state index in [1.807, 2.05) is 37.3 Å². The second-order valence-electron chi connectivity index (χ2n) is 8.69. The summed E-state index contributed by atoms with van der Waals surface area (Å²) in [4.78, 5) is 40.8. The van der Waals surface area contributed by atoms with Crippen molar-refractivity contribution in [2.24, 2.45) is 0 Å². The van der Waals surface area contributed by atoms with Gasteiger partial charge in [-0.05, 0) is 60.9 Å². The van der Waals surface area contributed by atoms with Crippen molar-refractivity contribution in [2.75, 3.05) is 25.6 Å². The lowest BCUT2D eigenvalue weighted by atomic mass is 9.91. The number of ether oxygens (including phenoxy) is 2. The number of benzene rings is 3. The first kappa shape index (κ1) is 26.5. The predicted molar refractivity (Wildman–Crippen MR) is 146 cm³/mol. The molecule has 196 valence electrons. The molecule has 8 nitrogen and oxygen atoms in total. The molecule has 2 N–H and O–H groups in total. The third-order valence-corrected chi connectivity index (χ3v) is 6.17. The first-order chi connectivity index (χ1) is 18.5. The second kappa shape index (κ2) is 12.1. The Morgan fingerprint density at radius 2 is 1.63 bits per heavy atom. The lowest BCUT2D eigenvalue weighted by molar-refractivity contribution is -0.138. The standard InChI is InChI=1S/C30H31N3O5/c1-4-19-33-27(21-9-7-6-8-10-21)25(29(35)38-5-2)26(32-30(33)36)20-11-15-23(16-12-20)31-28(34)22-13-17-24(37-3)18-14-22/h6-18,26H,4-5,19H2,1-3H3,(H,31,34)(H,32,36). The van der Waals surface area contributed by atoms with Crippen LogP contribution in [0.5, 0.6) is 5.75 Å². The van der Waals surface area contributed by atoms with Gasteiger partial charge in [0, 0.05) is 17.8 Å². The SMILES string of the molecule is CCCN1C(=O)NC(c2ccc(NC(=O)c3ccc(OC)cc3)cc2)C(C(=O)OCC)=C1c1ccccc1. The van der Waals surface area contributed by atoms with E-state index in [2.05, 4.69) is 10.6 Å². The van der Waals surface area contributed by atoms with Crippen molar-refractivity contribution in [3.05, 3.63) is 101 Å². The van der Waals surface area contributed by atoms with Crippen molar-refractivity contribution in [2.45, 2.75) is 26.3 Å². The summed E-state index contributed by atoms with van der Waals surface area (Å²) < 4.78 is 10.6. The van der Waals surface area contributed by atoms with Gasteiger partial charge < -0.3 is 20.1 Å². The van der Waals surface area contributed by atoms with Crippen LogP contribution >= 0.6 is 0 Å². The zero-order valence-electron chi connectivity index (χ0n) is 21.7. The fourth-order valence-corrected chi connectivity index (χ4v) is 4.38. The average Bonchev–Trinajstić information content (AvgIpc) is 2.95. The summed E-state index contributed by atoms with van der Waals surface area (Å²) in [5, 5.41) is 5.85. The van der Waals surface area contributed by atoms with Gasteiger partial charge in [0.2, 0.25) is 0 Å². The smallest absolute Gasteiger partial charge is 0.338 e. The van der Waals surface area contributed by atoms with Gasteiger partial charge in [0.1, 0.15) is 5.75 Å². The third-order valence-electron chi connectivity index (χ3n) is 6.17. The molecule has 1 aliphatic rings. The van der Waals surface area contributed by atoms with Crippen LogP contribution in [0, 0.1) is 0 Å². The van der Waals surface area contributed by atoms with Gasteiger partial charge in [-0.2, -0.15) is 0 Å². The molecule has 3 aromatic carbocycles. The van der Waals surface area contributed by atoms with Gasteiger partial charge in [-0.15, -0.1) is 0 Å². The monoisotopic (exact) mass is 513 g/mol. The molecule has 0 saturated heterocycles. The first-order valence-corrected chi connectivity index (χ1v) is 12.6. The summed E-state index contributed by atoms with van der Waals surface area (Å²) in [6, 6.07) is 22.2. The maximum absolute atomic E-state index is 13.3. The second-order valence-corrected chi connectivity index (χ2v) is 8.69. The van der Waals surface area contributed by atoms with Crippen molar-refractivity contribution in [1.29, 1.82) is 0 Å². The highest BCUT2D eigenvalue weighted by Gasteiger charge is 2.38. The lowest BCUT2D eigenvalue weighted by Crippen LogP contribution is -2.48. The van der Waals surface area contributed by atoms with E-state index in [1.54, 1.807) is 67.5 Å². The molecule has 3 amide bonds. The molecule has 0 aromatic heterocycles. The molecule has 1 heterocycles. The highest BCUT2D eigenvalue weighted by atomic mass is 16.5. The molecule has 0 radical (unpaired) electrons. The summed E-state index contributed by atoms with van der Waals surface area (Å²) in [7, 11) is 1.57. The van der Waals surface area contributed by atoms with Crippen LogP contribution in [0.1, 0.15) is 47.8 Å². The first-order valence-electron chi connectivity index (χ1n) is 12.6. The summed E-state index contributed by atoms with van der Waals surface area (Å²) in [5.74, 6) is -0.0901.